The molecule has 0 bridgehead atoms. The van der Waals surface area contributed by atoms with Crippen LogP contribution in [0.15, 0.2) is 103 Å². The molecule has 0 fully saturated rings. The van der Waals surface area contributed by atoms with Gasteiger partial charge in [-0.3, -0.25) is 4.79 Å². The molecule has 0 saturated heterocycles. The van der Waals surface area contributed by atoms with E-state index >= 15 is 0 Å². The summed E-state index contributed by atoms with van der Waals surface area (Å²) in [5.74, 6) is 1.58. The van der Waals surface area contributed by atoms with Gasteiger partial charge in [-0.25, -0.2) is 9.67 Å². The molecule has 0 saturated carbocycles. The number of carbonyl (C=O) groups excluding carboxylic acids is 1. The monoisotopic (exact) mass is 480 g/mol. The Morgan fingerprint density at radius 3 is 2.20 bits per heavy atom. The highest BCUT2D eigenvalue weighted by atomic mass is 35.5. The minimum absolute atomic E-state index is 0.0489. The summed E-state index contributed by atoms with van der Waals surface area (Å²) in [4.78, 5) is 17.6. The van der Waals surface area contributed by atoms with E-state index < -0.39 is 5.91 Å². The van der Waals surface area contributed by atoms with Crippen LogP contribution in [0.1, 0.15) is 16.2 Å². The van der Waals surface area contributed by atoms with E-state index in [1.54, 1.807) is 28.9 Å². The van der Waals surface area contributed by atoms with Crippen molar-refractivity contribution in [1.29, 1.82) is 0 Å². The highest BCUT2D eigenvalue weighted by molar-refractivity contribution is 6.31. The van der Waals surface area contributed by atoms with Crippen LogP contribution in [0.4, 0.5) is 5.69 Å². The number of hydrogen-bond donors (Lipinski definition) is 1. The van der Waals surface area contributed by atoms with Crippen LogP contribution in [0.25, 0.3) is 17.1 Å². The van der Waals surface area contributed by atoms with Gasteiger partial charge in [0.15, 0.2) is 5.82 Å². The van der Waals surface area contributed by atoms with Crippen molar-refractivity contribution >= 4 is 23.2 Å². The molecule has 5 rings (SSSR count). The number of rotatable bonds is 6. The fourth-order valence-corrected chi connectivity index (χ4v) is 3.76. The summed E-state index contributed by atoms with van der Waals surface area (Å²) in [5.41, 5.74) is 3.04. The van der Waals surface area contributed by atoms with Gasteiger partial charge >= 0.3 is 0 Å². The van der Waals surface area contributed by atoms with Crippen molar-refractivity contribution in [1.82, 2.24) is 14.8 Å². The van der Waals surface area contributed by atoms with Crippen molar-refractivity contribution in [2.45, 2.75) is 6.92 Å². The van der Waals surface area contributed by atoms with E-state index in [-0.39, 0.29) is 5.82 Å². The summed E-state index contributed by atoms with van der Waals surface area (Å²) >= 11 is 6.35. The van der Waals surface area contributed by atoms with Gasteiger partial charge in [0.1, 0.15) is 11.5 Å². The van der Waals surface area contributed by atoms with E-state index in [9.17, 15) is 4.79 Å². The molecule has 35 heavy (non-hydrogen) atoms. The number of aromatic nitrogens is 3. The quantitative estimate of drug-likeness (QED) is 0.286. The number of nitrogens with one attached hydrogen (secondary N) is 1. The summed E-state index contributed by atoms with van der Waals surface area (Å²) in [5, 5.41) is 8.01. The van der Waals surface area contributed by atoms with Gasteiger partial charge in [-0.2, -0.15) is 0 Å². The predicted molar refractivity (Wildman–Crippen MR) is 137 cm³/mol. The highest BCUT2D eigenvalue weighted by Crippen LogP contribution is 2.27. The van der Waals surface area contributed by atoms with Gasteiger partial charge in [-0.05, 0) is 61.0 Å². The SMILES string of the molecule is Cc1c(Cl)cccc1-n1nc(C(=O)Nc2ccc(Oc3ccccc3)cc2)nc1-c1ccccc1. The van der Waals surface area contributed by atoms with Gasteiger partial charge in [0.05, 0.1) is 5.69 Å². The first-order valence-electron chi connectivity index (χ1n) is 11.0. The van der Waals surface area contributed by atoms with Crippen molar-refractivity contribution in [3.63, 3.8) is 0 Å². The lowest BCUT2D eigenvalue weighted by molar-refractivity contribution is 0.101. The van der Waals surface area contributed by atoms with Crippen LogP contribution in [-0.2, 0) is 0 Å². The zero-order valence-electron chi connectivity index (χ0n) is 18.9. The lowest BCUT2D eigenvalue weighted by Crippen LogP contribution is -2.14. The number of para-hydroxylation sites is 1. The van der Waals surface area contributed by atoms with Crippen molar-refractivity contribution in [2.24, 2.45) is 0 Å². The first-order valence-corrected chi connectivity index (χ1v) is 11.4. The Hall–Kier alpha value is -4.42. The molecular formula is C28H21ClN4O2. The zero-order valence-corrected chi connectivity index (χ0v) is 19.6. The molecule has 0 aliphatic rings. The molecule has 0 atom stereocenters. The Bertz CT molecular complexity index is 1470. The second-order valence-corrected chi connectivity index (χ2v) is 8.22. The van der Waals surface area contributed by atoms with Crippen LogP contribution in [0, 0.1) is 6.92 Å². The molecule has 1 amide bonds. The van der Waals surface area contributed by atoms with Crippen molar-refractivity contribution in [2.75, 3.05) is 5.32 Å². The van der Waals surface area contributed by atoms with E-state index in [1.165, 1.54) is 0 Å². The van der Waals surface area contributed by atoms with Crippen LogP contribution in [0.5, 0.6) is 11.5 Å². The van der Waals surface area contributed by atoms with Crippen molar-refractivity contribution in [3.8, 4) is 28.6 Å². The molecule has 1 N–H and O–H groups in total. The fourth-order valence-electron chi connectivity index (χ4n) is 3.59. The Morgan fingerprint density at radius 2 is 1.49 bits per heavy atom. The number of amides is 1. The molecule has 6 nitrogen and oxygen atoms in total. The van der Waals surface area contributed by atoms with Crippen LogP contribution in [0.2, 0.25) is 5.02 Å². The number of ether oxygens (including phenoxy) is 1. The average Bonchev–Trinajstić information content (AvgIpc) is 3.34. The molecule has 0 aliphatic carbocycles. The third-order valence-corrected chi connectivity index (χ3v) is 5.81. The van der Waals surface area contributed by atoms with Gasteiger partial charge in [0.2, 0.25) is 5.82 Å². The number of benzene rings is 4. The number of anilines is 1. The molecule has 1 aromatic heterocycles. The van der Waals surface area contributed by atoms with E-state index in [1.807, 2.05) is 85.8 Å². The van der Waals surface area contributed by atoms with Crippen LogP contribution in [0.3, 0.4) is 0 Å². The van der Waals surface area contributed by atoms with Gasteiger partial charge < -0.3 is 10.1 Å². The molecule has 1 heterocycles. The molecule has 172 valence electrons. The Morgan fingerprint density at radius 1 is 0.829 bits per heavy atom. The van der Waals surface area contributed by atoms with Crippen molar-refractivity contribution in [3.05, 3.63) is 120 Å². The van der Waals surface area contributed by atoms with Crippen LogP contribution >= 0.6 is 11.6 Å². The minimum atomic E-state index is -0.419. The van der Waals surface area contributed by atoms with E-state index in [0.29, 0.717) is 22.3 Å². The average molecular weight is 481 g/mol. The maximum atomic E-state index is 13.1. The molecular weight excluding hydrogens is 460 g/mol. The molecule has 0 unspecified atom stereocenters. The summed E-state index contributed by atoms with van der Waals surface area (Å²) in [6.07, 6.45) is 0. The molecule has 7 heteroatoms. The Labute approximate surface area is 207 Å². The first kappa shape index (κ1) is 22.4. The lowest BCUT2D eigenvalue weighted by Gasteiger charge is -2.10. The summed E-state index contributed by atoms with van der Waals surface area (Å²) < 4.78 is 7.46. The molecule has 5 aromatic rings. The van der Waals surface area contributed by atoms with Crippen molar-refractivity contribution < 1.29 is 9.53 Å². The lowest BCUT2D eigenvalue weighted by atomic mass is 10.2. The largest absolute Gasteiger partial charge is 0.457 e. The molecule has 0 spiro atoms. The number of hydrogen-bond acceptors (Lipinski definition) is 4. The summed E-state index contributed by atoms with van der Waals surface area (Å²) in [6, 6.07) is 31.8. The minimum Gasteiger partial charge on any atom is -0.457 e. The zero-order chi connectivity index (χ0) is 24.2. The number of nitrogens with zero attached hydrogens (tertiary/aromatic N) is 3. The van der Waals surface area contributed by atoms with Crippen LogP contribution in [-0.4, -0.2) is 20.7 Å². The molecule has 0 radical (unpaired) electrons. The molecule has 4 aromatic carbocycles. The normalized spacial score (nSPS) is 10.7. The second kappa shape index (κ2) is 9.83. The number of carbonyl (C=O) groups is 1. The maximum Gasteiger partial charge on any atom is 0.295 e. The van der Waals surface area contributed by atoms with Gasteiger partial charge in [-0.1, -0.05) is 66.2 Å². The fraction of sp³-hybridized carbons (Fsp3) is 0.0357. The molecule has 0 aliphatic heterocycles. The van der Waals surface area contributed by atoms with Gasteiger partial charge in [0, 0.05) is 16.3 Å². The summed E-state index contributed by atoms with van der Waals surface area (Å²) in [6.45, 7) is 1.91. The number of halogens is 1. The Balaban J connectivity index is 1.42. The topological polar surface area (TPSA) is 69.0 Å². The van der Waals surface area contributed by atoms with Crippen LogP contribution < -0.4 is 10.1 Å². The van der Waals surface area contributed by atoms with E-state index in [2.05, 4.69) is 15.4 Å². The van der Waals surface area contributed by atoms with E-state index in [0.717, 1.165) is 22.6 Å². The smallest absolute Gasteiger partial charge is 0.295 e. The standard InChI is InChI=1S/C28H21ClN4O2/c1-19-24(29)13-8-14-25(19)33-27(20-9-4-2-5-10-20)31-26(32-33)28(34)30-21-15-17-23(18-16-21)35-22-11-6-3-7-12-22/h2-18H,1H3,(H,30,34). The third kappa shape index (κ3) is 4.93. The summed E-state index contributed by atoms with van der Waals surface area (Å²) in [7, 11) is 0. The Kier molecular flexibility index (Phi) is 6.28. The highest BCUT2D eigenvalue weighted by Gasteiger charge is 2.20. The first-order chi connectivity index (χ1) is 17.1. The predicted octanol–water partition coefficient (Wildman–Crippen LogP) is 6.94. The maximum absolute atomic E-state index is 13.1. The van der Waals surface area contributed by atoms with Gasteiger partial charge in [-0.15, -0.1) is 5.10 Å². The third-order valence-electron chi connectivity index (χ3n) is 5.40. The van der Waals surface area contributed by atoms with Gasteiger partial charge in [0.25, 0.3) is 5.91 Å². The van der Waals surface area contributed by atoms with E-state index in [4.69, 9.17) is 16.3 Å². The second-order valence-electron chi connectivity index (χ2n) is 7.81.